The van der Waals surface area contributed by atoms with Crippen molar-refractivity contribution in [3.05, 3.63) is 74.8 Å². The first kappa shape index (κ1) is 12.6. The van der Waals surface area contributed by atoms with E-state index in [1.165, 1.54) is 4.57 Å². The van der Waals surface area contributed by atoms with Gasteiger partial charge in [-0.25, -0.2) is 0 Å². The summed E-state index contributed by atoms with van der Waals surface area (Å²) in [6.45, 7) is 0. The molecule has 4 rings (SSSR count). The minimum atomic E-state index is -0.853. The van der Waals surface area contributed by atoms with E-state index in [4.69, 9.17) is 0 Å². The molecular weight excluding hydrogens is 282 g/mol. The van der Waals surface area contributed by atoms with Gasteiger partial charge in [-0.05, 0) is 17.7 Å². The van der Waals surface area contributed by atoms with Gasteiger partial charge in [-0.15, -0.1) is 0 Å². The largest absolute Gasteiger partial charge is 0.322 e. The molecule has 0 saturated carbocycles. The highest BCUT2D eigenvalue weighted by molar-refractivity contribution is 6.06. The third-order valence-electron chi connectivity index (χ3n) is 3.82. The molecule has 0 spiro atoms. The number of hydrogen-bond acceptors (Lipinski definition) is 3. The van der Waals surface area contributed by atoms with E-state index in [1.807, 2.05) is 6.07 Å². The van der Waals surface area contributed by atoms with Gasteiger partial charge in [0.2, 0.25) is 0 Å². The van der Waals surface area contributed by atoms with E-state index in [-0.39, 0.29) is 5.91 Å². The van der Waals surface area contributed by atoms with Crippen LogP contribution in [0.4, 0.5) is 5.69 Å². The van der Waals surface area contributed by atoms with E-state index in [2.05, 4.69) is 10.3 Å². The van der Waals surface area contributed by atoms with Crippen LogP contribution >= 0.6 is 0 Å². The number of carbonyl (C=O) groups is 1. The minimum absolute atomic E-state index is 0.334. The molecule has 1 atom stereocenters. The Balaban J connectivity index is 2.16. The summed E-state index contributed by atoms with van der Waals surface area (Å²) in [4.78, 5) is 39.3. The fourth-order valence-electron chi connectivity index (χ4n) is 2.89. The first-order valence-corrected chi connectivity index (χ1v) is 6.80. The molecule has 0 fully saturated rings. The summed E-state index contributed by atoms with van der Waals surface area (Å²) < 4.78 is 1.28. The molecule has 1 aliphatic rings. The molecule has 3 aromatic rings. The Labute approximate surface area is 124 Å². The number of nitrogens with one attached hydrogen (secondary N) is 2. The molecule has 6 heteroatoms. The second-order valence-corrected chi connectivity index (χ2v) is 5.13. The molecule has 2 aromatic carbocycles. The van der Waals surface area contributed by atoms with Crippen LogP contribution in [-0.4, -0.2) is 15.5 Å². The lowest BCUT2D eigenvalue weighted by Gasteiger charge is -2.27. The summed E-state index contributed by atoms with van der Waals surface area (Å²) in [5.74, 6) is -0.334. The number of rotatable bonds is 1. The van der Waals surface area contributed by atoms with Gasteiger partial charge in [-0.1, -0.05) is 36.4 Å². The van der Waals surface area contributed by atoms with Crippen molar-refractivity contribution in [3.63, 3.8) is 0 Å². The Morgan fingerprint density at radius 2 is 1.68 bits per heavy atom. The van der Waals surface area contributed by atoms with Crippen LogP contribution in [0.2, 0.25) is 0 Å². The number of aromatic amines is 1. The summed E-state index contributed by atoms with van der Waals surface area (Å²) >= 11 is 0. The van der Waals surface area contributed by atoms with Crippen LogP contribution in [0.25, 0.3) is 11.0 Å². The van der Waals surface area contributed by atoms with Crippen molar-refractivity contribution in [2.45, 2.75) is 6.04 Å². The normalized spacial score (nSPS) is 16.5. The van der Waals surface area contributed by atoms with Gasteiger partial charge in [0.1, 0.15) is 6.04 Å². The molecule has 0 saturated heterocycles. The van der Waals surface area contributed by atoms with E-state index in [9.17, 15) is 14.4 Å². The van der Waals surface area contributed by atoms with Crippen LogP contribution < -0.4 is 16.4 Å². The molecule has 1 aliphatic heterocycles. The van der Waals surface area contributed by atoms with Gasteiger partial charge in [-0.2, -0.15) is 0 Å². The maximum atomic E-state index is 12.5. The van der Waals surface area contributed by atoms with Crippen LogP contribution in [-0.2, 0) is 4.79 Å². The molecule has 0 radical (unpaired) electrons. The molecule has 0 aliphatic carbocycles. The lowest BCUT2D eigenvalue weighted by atomic mass is 10.0. The second kappa shape index (κ2) is 4.42. The molecule has 6 nitrogen and oxygen atoms in total. The van der Waals surface area contributed by atoms with Crippen molar-refractivity contribution in [1.82, 2.24) is 9.55 Å². The monoisotopic (exact) mass is 293 g/mol. The summed E-state index contributed by atoms with van der Waals surface area (Å²) in [6.07, 6.45) is 0. The fourth-order valence-corrected chi connectivity index (χ4v) is 2.89. The molecule has 1 aromatic heterocycles. The molecule has 2 N–H and O–H groups in total. The topological polar surface area (TPSA) is 84.0 Å². The average Bonchev–Trinajstić information content (AvgIpc) is 2.53. The third kappa shape index (κ3) is 1.64. The molecule has 0 bridgehead atoms. The van der Waals surface area contributed by atoms with E-state index in [0.717, 1.165) is 0 Å². The van der Waals surface area contributed by atoms with Crippen molar-refractivity contribution in [3.8, 4) is 0 Å². The Kier molecular flexibility index (Phi) is 2.53. The van der Waals surface area contributed by atoms with E-state index < -0.39 is 17.2 Å². The van der Waals surface area contributed by atoms with Gasteiger partial charge in [0.05, 0.1) is 16.7 Å². The van der Waals surface area contributed by atoms with Crippen LogP contribution in [0.3, 0.4) is 0 Å². The Hall–Kier alpha value is -3.15. The van der Waals surface area contributed by atoms with Crippen molar-refractivity contribution in [2.24, 2.45) is 0 Å². The maximum absolute atomic E-state index is 12.5. The van der Waals surface area contributed by atoms with Crippen molar-refractivity contribution in [2.75, 3.05) is 5.32 Å². The summed E-state index contributed by atoms with van der Waals surface area (Å²) in [5, 5.41) is 2.80. The number of para-hydroxylation sites is 1. The van der Waals surface area contributed by atoms with Gasteiger partial charge >= 0.3 is 11.1 Å². The number of benzene rings is 2. The number of hydrogen-bond donors (Lipinski definition) is 2. The van der Waals surface area contributed by atoms with Gasteiger partial charge in [0, 0.05) is 0 Å². The van der Waals surface area contributed by atoms with Gasteiger partial charge in [-0.3, -0.25) is 19.0 Å². The number of aromatic nitrogens is 2. The van der Waals surface area contributed by atoms with E-state index in [0.29, 0.717) is 22.3 Å². The summed E-state index contributed by atoms with van der Waals surface area (Å²) in [6, 6.07) is 13.2. The van der Waals surface area contributed by atoms with Crippen LogP contribution in [0.15, 0.2) is 58.1 Å². The maximum Gasteiger partial charge on any atom is 0.317 e. The fraction of sp³-hybridized carbons (Fsp3) is 0.0625. The van der Waals surface area contributed by atoms with Crippen molar-refractivity contribution < 1.29 is 4.79 Å². The first-order chi connectivity index (χ1) is 10.7. The number of nitrogens with zero attached hydrogens (tertiary/aromatic N) is 1. The summed E-state index contributed by atoms with van der Waals surface area (Å²) in [7, 11) is 0. The number of H-pyrrole nitrogens is 1. The average molecular weight is 293 g/mol. The van der Waals surface area contributed by atoms with Crippen LogP contribution in [0, 0.1) is 0 Å². The number of anilines is 1. The predicted octanol–water partition coefficient (Wildman–Crippen LogP) is 1.23. The lowest BCUT2D eigenvalue weighted by Crippen LogP contribution is -2.44. The van der Waals surface area contributed by atoms with Gasteiger partial charge in [0.15, 0.2) is 0 Å². The number of carbonyl (C=O) groups excluding carboxylic acids is 1. The van der Waals surface area contributed by atoms with Crippen LogP contribution in [0.5, 0.6) is 0 Å². The van der Waals surface area contributed by atoms with Gasteiger partial charge < -0.3 is 10.3 Å². The Morgan fingerprint density at radius 1 is 0.909 bits per heavy atom. The highest BCUT2D eigenvalue weighted by Gasteiger charge is 2.31. The molecule has 1 amide bonds. The zero-order valence-electron chi connectivity index (χ0n) is 11.4. The standard InChI is InChI=1S/C16H11N3O3/c20-14-12(9-5-2-1-3-6-9)19-13-10(17-14)7-4-8-11(13)18-15(21)16(19)22/h1-8,12H,(H,17,20)(H,18,21)/t12-/m1/s1. The predicted molar refractivity (Wildman–Crippen MR) is 82.0 cm³/mol. The van der Waals surface area contributed by atoms with E-state index >= 15 is 0 Å². The van der Waals surface area contributed by atoms with Crippen molar-refractivity contribution in [1.29, 1.82) is 0 Å². The smallest absolute Gasteiger partial charge is 0.317 e. The van der Waals surface area contributed by atoms with Crippen molar-refractivity contribution >= 4 is 22.6 Å². The Bertz CT molecular complexity index is 1020. The highest BCUT2D eigenvalue weighted by atomic mass is 16.2. The quantitative estimate of drug-likeness (QED) is 0.662. The number of amides is 1. The zero-order chi connectivity index (χ0) is 15.3. The minimum Gasteiger partial charge on any atom is -0.322 e. The zero-order valence-corrected chi connectivity index (χ0v) is 11.4. The van der Waals surface area contributed by atoms with E-state index in [1.54, 1.807) is 42.5 Å². The highest BCUT2D eigenvalue weighted by Crippen LogP contribution is 2.31. The first-order valence-electron chi connectivity index (χ1n) is 6.80. The second-order valence-electron chi connectivity index (χ2n) is 5.13. The lowest BCUT2D eigenvalue weighted by molar-refractivity contribution is -0.118. The summed E-state index contributed by atoms with van der Waals surface area (Å²) in [5.41, 5.74) is 0.749. The molecular formula is C16H11N3O3. The molecule has 22 heavy (non-hydrogen) atoms. The van der Waals surface area contributed by atoms with Crippen LogP contribution in [0.1, 0.15) is 11.6 Å². The SMILES string of the molecule is O=C1Nc2cccc3[nH]c(=O)c(=O)n(c23)[C@@H]1c1ccccc1. The molecule has 108 valence electrons. The van der Waals surface area contributed by atoms with Gasteiger partial charge in [0.25, 0.3) is 5.91 Å². The Morgan fingerprint density at radius 3 is 2.45 bits per heavy atom. The third-order valence-corrected chi connectivity index (χ3v) is 3.82. The molecule has 0 unspecified atom stereocenters. The molecule has 2 heterocycles.